The number of hydrogen-bond acceptors (Lipinski definition) is 4. The number of nitrogens with zero attached hydrogens (tertiary/aromatic N) is 1. The van der Waals surface area contributed by atoms with Crippen molar-refractivity contribution in [3.05, 3.63) is 66.2 Å². The lowest BCUT2D eigenvalue weighted by Gasteiger charge is -2.37. The Hall–Kier alpha value is -2.95. The van der Waals surface area contributed by atoms with E-state index in [1.54, 1.807) is 18.1 Å². The average Bonchev–Trinajstić information content (AvgIpc) is 2.64. The lowest BCUT2D eigenvalue weighted by molar-refractivity contribution is 0.0707. The van der Waals surface area contributed by atoms with Gasteiger partial charge in [0, 0.05) is 12.2 Å². The molecule has 2 aromatic rings. The zero-order valence-electron chi connectivity index (χ0n) is 14.5. The van der Waals surface area contributed by atoms with Crippen molar-refractivity contribution in [1.82, 2.24) is 4.90 Å². The molecule has 0 fully saturated rings. The summed E-state index contributed by atoms with van der Waals surface area (Å²) in [6.07, 6.45) is 1.43. The number of carbonyl (C=O) groups is 1. The quantitative estimate of drug-likeness (QED) is 0.813. The molecule has 1 amide bonds. The molecule has 0 spiro atoms. The zero-order chi connectivity index (χ0) is 17.8. The van der Waals surface area contributed by atoms with Gasteiger partial charge in [-0.1, -0.05) is 24.3 Å². The van der Waals surface area contributed by atoms with E-state index >= 15 is 0 Å². The molecule has 0 aliphatic carbocycles. The van der Waals surface area contributed by atoms with Crippen molar-refractivity contribution in [3.8, 4) is 11.5 Å². The fraction of sp³-hybridized carbons (Fsp3) is 0.250. The van der Waals surface area contributed by atoms with Crippen LogP contribution in [0.2, 0.25) is 0 Å². The lowest BCUT2D eigenvalue weighted by Crippen LogP contribution is -2.42. The molecule has 0 saturated heterocycles. The minimum atomic E-state index is -0.301. The molecule has 5 nitrogen and oxygen atoms in total. The normalized spacial score (nSPS) is 16.0. The first-order chi connectivity index (χ1) is 12.2. The molecule has 1 atom stereocenters. The largest absolute Gasteiger partial charge is 0.493 e. The molecule has 3 rings (SSSR count). The number of amides is 1. The Kier molecular flexibility index (Phi) is 4.93. The van der Waals surface area contributed by atoms with Gasteiger partial charge in [-0.25, -0.2) is 0 Å². The van der Waals surface area contributed by atoms with Gasteiger partial charge in [-0.15, -0.1) is 6.58 Å². The first-order valence-electron chi connectivity index (χ1n) is 8.27. The molecule has 25 heavy (non-hydrogen) atoms. The molecule has 1 N–H and O–H groups in total. The van der Waals surface area contributed by atoms with Crippen molar-refractivity contribution in [2.24, 2.45) is 0 Å². The third kappa shape index (κ3) is 3.18. The van der Waals surface area contributed by atoms with Gasteiger partial charge in [0.15, 0.2) is 11.5 Å². The summed E-state index contributed by atoms with van der Waals surface area (Å²) in [7, 11) is 1.61. The van der Waals surface area contributed by atoms with Crippen molar-refractivity contribution >= 4 is 11.6 Å². The molecule has 0 radical (unpaired) electrons. The Bertz CT molecular complexity index is 788. The predicted octanol–water partition coefficient (Wildman–Crippen LogP) is 3.85. The highest BCUT2D eigenvalue weighted by atomic mass is 16.5. The fourth-order valence-electron chi connectivity index (χ4n) is 3.01. The molecule has 130 valence electrons. The van der Waals surface area contributed by atoms with Crippen LogP contribution in [0.1, 0.15) is 29.0 Å². The monoisotopic (exact) mass is 338 g/mol. The second-order valence-corrected chi connectivity index (χ2v) is 5.68. The number of methoxy groups -OCH3 is 1. The van der Waals surface area contributed by atoms with Crippen molar-refractivity contribution in [1.29, 1.82) is 0 Å². The number of rotatable bonds is 6. The van der Waals surface area contributed by atoms with Crippen LogP contribution < -0.4 is 14.8 Å². The third-order valence-corrected chi connectivity index (χ3v) is 4.15. The summed E-state index contributed by atoms with van der Waals surface area (Å²) >= 11 is 0. The Labute approximate surface area is 147 Å². The van der Waals surface area contributed by atoms with E-state index in [9.17, 15) is 4.79 Å². The van der Waals surface area contributed by atoms with Crippen LogP contribution in [0.15, 0.2) is 55.1 Å². The van der Waals surface area contributed by atoms with E-state index in [2.05, 4.69) is 11.9 Å². The van der Waals surface area contributed by atoms with Gasteiger partial charge in [-0.2, -0.15) is 0 Å². The maximum absolute atomic E-state index is 12.9. The number of hydrogen-bond donors (Lipinski definition) is 1. The Morgan fingerprint density at radius 2 is 2.04 bits per heavy atom. The van der Waals surface area contributed by atoms with Crippen LogP contribution in [0.5, 0.6) is 11.5 Å². The molecule has 1 unspecified atom stereocenters. The van der Waals surface area contributed by atoms with Gasteiger partial charge >= 0.3 is 0 Å². The molecule has 0 saturated carbocycles. The molecule has 1 heterocycles. The van der Waals surface area contributed by atoms with Crippen molar-refractivity contribution < 1.29 is 14.3 Å². The first kappa shape index (κ1) is 16.9. The summed E-state index contributed by atoms with van der Waals surface area (Å²) in [4.78, 5) is 14.7. The summed E-state index contributed by atoms with van der Waals surface area (Å²) in [5.41, 5.74) is 2.41. The highest BCUT2D eigenvalue weighted by Gasteiger charge is 2.32. The Morgan fingerprint density at radius 3 is 2.76 bits per heavy atom. The fourth-order valence-corrected chi connectivity index (χ4v) is 3.01. The molecule has 1 aliphatic rings. The number of benzene rings is 2. The van der Waals surface area contributed by atoms with E-state index in [4.69, 9.17) is 9.47 Å². The molecule has 0 aromatic heterocycles. The predicted molar refractivity (Wildman–Crippen MR) is 98.2 cm³/mol. The van der Waals surface area contributed by atoms with Crippen molar-refractivity contribution in [3.63, 3.8) is 0 Å². The summed E-state index contributed by atoms with van der Waals surface area (Å²) in [5.74, 6) is 1.31. The second-order valence-electron chi connectivity index (χ2n) is 5.68. The van der Waals surface area contributed by atoms with Crippen LogP contribution in [0, 0.1) is 0 Å². The van der Waals surface area contributed by atoms with E-state index < -0.39 is 0 Å². The maximum Gasteiger partial charge on any atom is 0.258 e. The highest BCUT2D eigenvalue weighted by molar-refractivity contribution is 6.01. The Balaban J connectivity index is 2.02. The molecular weight excluding hydrogens is 316 g/mol. The molecule has 1 aliphatic heterocycles. The van der Waals surface area contributed by atoms with Gasteiger partial charge in [-0.05, 0) is 36.8 Å². The minimum Gasteiger partial charge on any atom is -0.493 e. The van der Waals surface area contributed by atoms with Gasteiger partial charge in [-0.3, -0.25) is 4.79 Å². The van der Waals surface area contributed by atoms with Crippen LogP contribution in [-0.2, 0) is 0 Å². The summed E-state index contributed by atoms with van der Waals surface area (Å²) in [6, 6.07) is 13.2. The number of para-hydroxylation sites is 1. The minimum absolute atomic E-state index is 0.0212. The van der Waals surface area contributed by atoms with Gasteiger partial charge < -0.3 is 19.7 Å². The van der Waals surface area contributed by atoms with E-state index in [1.165, 1.54) is 0 Å². The number of nitrogens with one attached hydrogen (secondary N) is 1. The standard InChI is InChI=1S/C20H22N2O3/c1-4-12-22-19(21-16-9-7-6-8-15(16)20(22)23)14-10-11-17(25-5-2)18(13-14)24-3/h4,6-11,13,19,21H,1,5,12H2,2-3H3. The first-order valence-corrected chi connectivity index (χ1v) is 8.27. The van der Waals surface area contributed by atoms with Gasteiger partial charge in [0.25, 0.3) is 5.91 Å². The number of ether oxygens (including phenoxy) is 2. The maximum atomic E-state index is 12.9. The van der Waals surface area contributed by atoms with Crippen LogP contribution in [0.4, 0.5) is 5.69 Å². The van der Waals surface area contributed by atoms with Crippen LogP contribution in [-0.4, -0.2) is 31.1 Å². The van der Waals surface area contributed by atoms with Gasteiger partial charge in [0.05, 0.1) is 19.3 Å². The summed E-state index contributed by atoms with van der Waals surface area (Å²) in [5, 5.41) is 3.44. The number of carbonyl (C=O) groups excluding carboxylic acids is 1. The van der Waals surface area contributed by atoms with E-state index in [0.717, 1.165) is 11.3 Å². The highest BCUT2D eigenvalue weighted by Crippen LogP contribution is 2.36. The smallest absolute Gasteiger partial charge is 0.258 e. The van der Waals surface area contributed by atoms with Crippen molar-refractivity contribution in [2.45, 2.75) is 13.1 Å². The van der Waals surface area contributed by atoms with Crippen molar-refractivity contribution in [2.75, 3.05) is 25.6 Å². The number of fused-ring (bicyclic) bond motifs is 1. The van der Waals surface area contributed by atoms with E-state index in [0.29, 0.717) is 30.2 Å². The zero-order valence-corrected chi connectivity index (χ0v) is 14.5. The van der Waals surface area contributed by atoms with Gasteiger partial charge in [0.2, 0.25) is 0 Å². The number of anilines is 1. The lowest BCUT2D eigenvalue weighted by atomic mass is 10.0. The molecule has 2 aromatic carbocycles. The average molecular weight is 338 g/mol. The summed E-state index contributed by atoms with van der Waals surface area (Å²) < 4.78 is 11.0. The van der Waals surface area contributed by atoms with E-state index in [1.807, 2.05) is 49.4 Å². The SMILES string of the molecule is C=CCN1C(=O)c2ccccc2NC1c1ccc(OCC)c(OC)c1. The molecule has 0 bridgehead atoms. The van der Waals surface area contributed by atoms with Crippen LogP contribution in [0.25, 0.3) is 0 Å². The third-order valence-electron chi connectivity index (χ3n) is 4.15. The molecular formula is C20H22N2O3. The Morgan fingerprint density at radius 1 is 1.24 bits per heavy atom. The van der Waals surface area contributed by atoms with Gasteiger partial charge in [0.1, 0.15) is 6.17 Å². The second kappa shape index (κ2) is 7.30. The topological polar surface area (TPSA) is 50.8 Å². The summed E-state index contributed by atoms with van der Waals surface area (Å²) in [6.45, 7) is 6.71. The molecule has 5 heteroatoms. The van der Waals surface area contributed by atoms with Crippen LogP contribution >= 0.6 is 0 Å². The van der Waals surface area contributed by atoms with E-state index in [-0.39, 0.29) is 12.1 Å². The van der Waals surface area contributed by atoms with Crippen LogP contribution in [0.3, 0.4) is 0 Å².